The summed E-state index contributed by atoms with van der Waals surface area (Å²) in [5, 5.41) is 0.687. The lowest BCUT2D eigenvalue weighted by Gasteiger charge is -2.14. The van der Waals surface area contributed by atoms with Gasteiger partial charge >= 0.3 is 0 Å². The summed E-state index contributed by atoms with van der Waals surface area (Å²) in [4.78, 5) is 0. The maximum absolute atomic E-state index is 5.85. The van der Waals surface area contributed by atoms with Gasteiger partial charge in [-0.2, -0.15) is 0 Å². The Morgan fingerprint density at radius 3 is 2.17 bits per heavy atom. The summed E-state index contributed by atoms with van der Waals surface area (Å²) in [6.45, 7) is 12.4. The third kappa shape index (κ3) is 3.44. The van der Waals surface area contributed by atoms with Gasteiger partial charge in [0, 0.05) is 5.03 Å². The highest BCUT2D eigenvalue weighted by Gasteiger charge is 2.07. The normalized spacial score (nSPS) is 13.2. The van der Waals surface area contributed by atoms with Crippen LogP contribution in [0, 0.1) is 5.92 Å². The molecule has 0 aliphatic rings. The van der Waals surface area contributed by atoms with Gasteiger partial charge in [-0.3, -0.25) is 0 Å². The van der Waals surface area contributed by atoms with E-state index in [4.69, 9.17) is 11.6 Å². The average Bonchev–Trinajstić information content (AvgIpc) is 1.98. The lowest BCUT2D eigenvalue weighted by molar-refractivity contribution is 0.693. The highest BCUT2D eigenvalue weighted by molar-refractivity contribution is 6.31. The SMILES string of the molecule is C=C(Cl)/C(C)=C(\CCC)C(C)C. The number of hydrogen-bond acceptors (Lipinski definition) is 0. The predicted octanol–water partition coefficient (Wildman–Crippen LogP) is 4.51. The van der Waals surface area contributed by atoms with Gasteiger partial charge in [0.2, 0.25) is 0 Å². The monoisotopic (exact) mass is 186 g/mol. The number of rotatable bonds is 4. The van der Waals surface area contributed by atoms with E-state index < -0.39 is 0 Å². The van der Waals surface area contributed by atoms with Gasteiger partial charge in [-0.1, -0.05) is 50.9 Å². The van der Waals surface area contributed by atoms with Crippen LogP contribution in [0.4, 0.5) is 0 Å². The minimum atomic E-state index is 0.584. The van der Waals surface area contributed by atoms with Gasteiger partial charge in [0.05, 0.1) is 0 Å². The fourth-order valence-electron chi connectivity index (χ4n) is 1.35. The van der Waals surface area contributed by atoms with Crippen molar-refractivity contribution in [3.63, 3.8) is 0 Å². The van der Waals surface area contributed by atoms with Crippen molar-refractivity contribution < 1.29 is 0 Å². The zero-order chi connectivity index (χ0) is 9.72. The van der Waals surface area contributed by atoms with Gasteiger partial charge in [0.25, 0.3) is 0 Å². The molecule has 0 saturated carbocycles. The standard InChI is InChI=1S/C11H19Cl/c1-6-7-11(8(2)3)9(4)10(5)12/h8H,5-7H2,1-4H3/b11-9+. The topological polar surface area (TPSA) is 0 Å². The van der Waals surface area contributed by atoms with E-state index in [1.165, 1.54) is 17.6 Å². The third-order valence-corrected chi connectivity index (χ3v) is 2.39. The molecule has 70 valence electrons. The van der Waals surface area contributed by atoms with Crippen LogP contribution in [0.25, 0.3) is 0 Å². The highest BCUT2D eigenvalue weighted by atomic mass is 35.5. The first-order valence-electron chi connectivity index (χ1n) is 4.55. The van der Waals surface area contributed by atoms with E-state index in [1.54, 1.807) is 0 Å². The van der Waals surface area contributed by atoms with Gasteiger partial charge in [-0.05, 0) is 24.8 Å². The molecule has 0 N–H and O–H groups in total. The largest absolute Gasteiger partial charge is 0.0847 e. The summed E-state index contributed by atoms with van der Waals surface area (Å²) < 4.78 is 0. The van der Waals surface area contributed by atoms with Crippen molar-refractivity contribution in [2.45, 2.75) is 40.5 Å². The Morgan fingerprint density at radius 1 is 1.42 bits per heavy atom. The Kier molecular flexibility index (Phi) is 5.32. The van der Waals surface area contributed by atoms with Gasteiger partial charge in [-0.15, -0.1) is 0 Å². The quantitative estimate of drug-likeness (QED) is 0.567. The molecule has 0 radical (unpaired) electrons. The van der Waals surface area contributed by atoms with Gasteiger partial charge < -0.3 is 0 Å². The average molecular weight is 187 g/mol. The molecule has 0 heterocycles. The Morgan fingerprint density at radius 2 is 1.92 bits per heavy atom. The van der Waals surface area contributed by atoms with E-state index in [9.17, 15) is 0 Å². The maximum atomic E-state index is 5.85. The molecule has 0 aromatic heterocycles. The number of allylic oxidation sites excluding steroid dienone is 3. The van der Waals surface area contributed by atoms with Crippen molar-refractivity contribution in [2.75, 3.05) is 0 Å². The molecule has 0 bridgehead atoms. The molecule has 0 spiro atoms. The molecule has 12 heavy (non-hydrogen) atoms. The summed E-state index contributed by atoms with van der Waals surface area (Å²) in [7, 11) is 0. The molecule has 0 rings (SSSR count). The van der Waals surface area contributed by atoms with Gasteiger partial charge in [0.1, 0.15) is 0 Å². The second-order valence-corrected chi connectivity index (χ2v) is 3.92. The molecule has 0 aliphatic carbocycles. The summed E-state index contributed by atoms with van der Waals surface area (Å²) in [5.41, 5.74) is 2.62. The molecule has 0 atom stereocenters. The van der Waals surface area contributed by atoms with E-state index in [2.05, 4.69) is 34.3 Å². The molecule has 0 aliphatic heterocycles. The lowest BCUT2D eigenvalue weighted by Crippen LogP contribution is -1.97. The predicted molar refractivity (Wildman–Crippen MR) is 57.4 cm³/mol. The second kappa shape index (κ2) is 5.42. The van der Waals surface area contributed by atoms with Crippen molar-refractivity contribution in [1.29, 1.82) is 0 Å². The maximum Gasteiger partial charge on any atom is 0.0363 e. The first-order valence-corrected chi connectivity index (χ1v) is 4.92. The van der Waals surface area contributed by atoms with Crippen LogP contribution in [-0.2, 0) is 0 Å². The number of halogens is 1. The molecule has 0 amide bonds. The molecular weight excluding hydrogens is 168 g/mol. The van der Waals surface area contributed by atoms with Crippen LogP contribution in [0.15, 0.2) is 22.8 Å². The Hall–Kier alpha value is -0.230. The molecule has 0 nitrogen and oxygen atoms in total. The molecule has 0 aromatic rings. The first-order chi connectivity index (χ1) is 5.50. The lowest BCUT2D eigenvalue weighted by atomic mass is 9.94. The zero-order valence-corrected chi connectivity index (χ0v) is 9.33. The van der Waals surface area contributed by atoms with Crippen LogP contribution in [0.5, 0.6) is 0 Å². The molecular formula is C11H19Cl. The van der Waals surface area contributed by atoms with Crippen LogP contribution in [0.1, 0.15) is 40.5 Å². The second-order valence-electron chi connectivity index (χ2n) is 3.46. The van der Waals surface area contributed by atoms with Crippen LogP contribution in [0.3, 0.4) is 0 Å². The molecule has 1 heteroatoms. The smallest absolute Gasteiger partial charge is 0.0363 e. The molecule has 0 saturated heterocycles. The van der Waals surface area contributed by atoms with Crippen molar-refractivity contribution in [3.05, 3.63) is 22.8 Å². The van der Waals surface area contributed by atoms with Crippen LogP contribution >= 0.6 is 11.6 Å². The minimum Gasteiger partial charge on any atom is -0.0847 e. The minimum absolute atomic E-state index is 0.584. The van der Waals surface area contributed by atoms with Crippen molar-refractivity contribution in [1.82, 2.24) is 0 Å². The van der Waals surface area contributed by atoms with Crippen molar-refractivity contribution in [2.24, 2.45) is 5.92 Å². The van der Waals surface area contributed by atoms with Crippen LogP contribution in [-0.4, -0.2) is 0 Å². The van der Waals surface area contributed by atoms with Crippen LogP contribution in [0.2, 0.25) is 0 Å². The number of hydrogen-bond donors (Lipinski definition) is 0. The first kappa shape index (κ1) is 11.8. The Balaban J connectivity index is 4.67. The van der Waals surface area contributed by atoms with E-state index in [1.807, 2.05) is 0 Å². The third-order valence-electron chi connectivity index (χ3n) is 2.10. The fraction of sp³-hybridized carbons (Fsp3) is 0.636. The molecule has 0 fully saturated rings. The van der Waals surface area contributed by atoms with E-state index >= 15 is 0 Å². The molecule has 0 aromatic carbocycles. The van der Waals surface area contributed by atoms with E-state index in [0.717, 1.165) is 6.42 Å². The zero-order valence-electron chi connectivity index (χ0n) is 8.58. The Bertz CT molecular complexity index is 187. The van der Waals surface area contributed by atoms with E-state index in [0.29, 0.717) is 11.0 Å². The van der Waals surface area contributed by atoms with Crippen molar-refractivity contribution in [3.8, 4) is 0 Å². The van der Waals surface area contributed by atoms with Crippen LogP contribution < -0.4 is 0 Å². The summed E-state index contributed by atoms with van der Waals surface area (Å²) in [5.74, 6) is 0.584. The summed E-state index contributed by atoms with van der Waals surface area (Å²) in [6.07, 6.45) is 2.31. The summed E-state index contributed by atoms with van der Waals surface area (Å²) >= 11 is 5.85. The van der Waals surface area contributed by atoms with Crippen molar-refractivity contribution >= 4 is 11.6 Å². The van der Waals surface area contributed by atoms with Gasteiger partial charge in [0.15, 0.2) is 0 Å². The summed E-state index contributed by atoms with van der Waals surface area (Å²) in [6, 6.07) is 0. The molecule has 0 unspecified atom stereocenters. The highest BCUT2D eigenvalue weighted by Crippen LogP contribution is 2.25. The fourth-order valence-corrected chi connectivity index (χ4v) is 1.47. The van der Waals surface area contributed by atoms with Gasteiger partial charge in [-0.25, -0.2) is 0 Å². The van der Waals surface area contributed by atoms with E-state index in [-0.39, 0.29) is 0 Å². The Labute approximate surface area is 81.3 Å².